The number of allylic oxidation sites excluding steroid dienone is 4. The third kappa shape index (κ3) is 5.75. The molecule has 1 heteroatoms. The topological polar surface area (TPSA) is 12.9 Å². The molecule has 6 aromatic carbocycles. The number of aromatic nitrogens is 1. The lowest BCUT2D eigenvalue weighted by atomic mass is 9.82. The van der Waals surface area contributed by atoms with E-state index < -0.39 is 0 Å². The van der Waals surface area contributed by atoms with E-state index in [-0.39, 0.29) is 5.41 Å². The Morgan fingerprint density at radius 2 is 1.08 bits per heavy atom. The van der Waals surface area contributed by atoms with E-state index in [0.29, 0.717) is 5.92 Å². The first-order chi connectivity index (χ1) is 25.0. The minimum Gasteiger partial charge on any atom is -0.256 e. The van der Waals surface area contributed by atoms with Gasteiger partial charge in [0.15, 0.2) is 0 Å². The van der Waals surface area contributed by atoms with Crippen LogP contribution >= 0.6 is 0 Å². The standard InChI is InChI=1S/C50H39N/c1-50(2)47-23-7-6-22-45(47)46-26-24-43(32-48(46)50)49-27-25-44(33-51-49)42-21-11-20-41(31-42)40-19-10-18-39(30-40)38-17-9-16-37(29-38)36-15-8-14-35(28-36)34-12-4-3-5-13-34/h3-13,15-33,35H,14H2,1-2H3. The van der Waals surface area contributed by atoms with Crippen LogP contribution in [0.4, 0.5) is 0 Å². The van der Waals surface area contributed by atoms with Crippen LogP contribution in [-0.4, -0.2) is 4.98 Å². The highest BCUT2D eigenvalue weighted by molar-refractivity contribution is 5.84. The summed E-state index contributed by atoms with van der Waals surface area (Å²) in [5, 5.41) is 0. The predicted octanol–water partition coefficient (Wildman–Crippen LogP) is 13.2. The zero-order valence-corrected chi connectivity index (χ0v) is 29.1. The van der Waals surface area contributed by atoms with Crippen molar-refractivity contribution in [2.75, 3.05) is 0 Å². The van der Waals surface area contributed by atoms with Gasteiger partial charge in [0.1, 0.15) is 0 Å². The van der Waals surface area contributed by atoms with Gasteiger partial charge in [-0.15, -0.1) is 0 Å². The first kappa shape index (κ1) is 31.0. The van der Waals surface area contributed by atoms with Gasteiger partial charge in [-0.25, -0.2) is 0 Å². The molecule has 244 valence electrons. The maximum absolute atomic E-state index is 4.96. The summed E-state index contributed by atoms with van der Waals surface area (Å²) in [6.45, 7) is 4.65. The average molecular weight is 654 g/mol. The highest BCUT2D eigenvalue weighted by atomic mass is 14.7. The van der Waals surface area contributed by atoms with Gasteiger partial charge in [-0.05, 0) is 104 Å². The Morgan fingerprint density at radius 3 is 1.76 bits per heavy atom. The number of fused-ring (bicyclic) bond motifs is 3. The Balaban J connectivity index is 0.967. The molecule has 0 spiro atoms. The number of benzene rings is 6. The number of rotatable bonds is 6. The monoisotopic (exact) mass is 653 g/mol. The molecule has 1 aromatic heterocycles. The van der Waals surface area contributed by atoms with Gasteiger partial charge in [-0.3, -0.25) is 4.98 Å². The highest BCUT2D eigenvalue weighted by Crippen LogP contribution is 2.49. The van der Waals surface area contributed by atoms with Gasteiger partial charge in [-0.1, -0.05) is 159 Å². The van der Waals surface area contributed by atoms with Crippen molar-refractivity contribution in [3.05, 3.63) is 204 Å². The van der Waals surface area contributed by atoms with E-state index in [4.69, 9.17) is 4.98 Å². The van der Waals surface area contributed by atoms with Crippen molar-refractivity contribution in [1.82, 2.24) is 4.98 Å². The molecule has 1 atom stereocenters. The van der Waals surface area contributed by atoms with Gasteiger partial charge in [0.2, 0.25) is 0 Å². The fourth-order valence-corrected chi connectivity index (χ4v) is 8.04. The summed E-state index contributed by atoms with van der Waals surface area (Å²) in [5.74, 6) is 0.404. The van der Waals surface area contributed by atoms with E-state index in [2.05, 4.69) is 190 Å². The quantitative estimate of drug-likeness (QED) is 0.174. The lowest BCUT2D eigenvalue weighted by Crippen LogP contribution is -2.14. The summed E-state index contributed by atoms with van der Waals surface area (Å²) in [6.07, 6.45) is 10.1. The molecular formula is C50H39N. The van der Waals surface area contributed by atoms with Crippen molar-refractivity contribution in [3.8, 4) is 55.8 Å². The SMILES string of the molecule is CC1(C)c2ccccc2-c2ccc(-c3ccc(-c4cccc(-c5cccc(-c6cccc(C7=CC(c8ccccc8)CC=C7)c6)c5)c4)cn3)cc21. The number of pyridine rings is 1. The van der Waals surface area contributed by atoms with Gasteiger partial charge in [0, 0.05) is 28.7 Å². The minimum atomic E-state index is -0.0289. The second-order valence-corrected chi connectivity index (χ2v) is 14.4. The van der Waals surface area contributed by atoms with Crippen LogP contribution in [0.1, 0.15) is 48.4 Å². The molecule has 7 aromatic rings. The van der Waals surface area contributed by atoms with Crippen molar-refractivity contribution in [3.63, 3.8) is 0 Å². The molecule has 1 heterocycles. The summed E-state index contributed by atoms with van der Waals surface area (Å²) >= 11 is 0. The Morgan fingerprint density at radius 1 is 0.490 bits per heavy atom. The van der Waals surface area contributed by atoms with Crippen molar-refractivity contribution in [2.24, 2.45) is 0 Å². The molecular weight excluding hydrogens is 615 g/mol. The molecule has 0 amide bonds. The largest absolute Gasteiger partial charge is 0.256 e. The summed E-state index contributed by atoms with van der Waals surface area (Å²) in [4.78, 5) is 4.96. The Bertz CT molecular complexity index is 2460. The van der Waals surface area contributed by atoms with Gasteiger partial charge in [0.25, 0.3) is 0 Å². The third-order valence-electron chi connectivity index (χ3n) is 10.9. The van der Waals surface area contributed by atoms with Crippen molar-refractivity contribution in [1.29, 1.82) is 0 Å². The van der Waals surface area contributed by atoms with Crippen LogP contribution in [0.5, 0.6) is 0 Å². The smallest absolute Gasteiger partial charge is 0.0702 e. The highest BCUT2D eigenvalue weighted by Gasteiger charge is 2.35. The van der Waals surface area contributed by atoms with E-state index in [1.807, 2.05) is 6.20 Å². The maximum atomic E-state index is 4.96. The molecule has 0 saturated heterocycles. The molecule has 2 aliphatic rings. The van der Waals surface area contributed by atoms with E-state index in [1.165, 1.54) is 61.2 Å². The Labute approximate surface area is 301 Å². The first-order valence-electron chi connectivity index (χ1n) is 18.0. The van der Waals surface area contributed by atoms with Crippen LogP contribution in [-0.2, 0) is 5.41 Å². The average Bonchev–Trinajstić information content (AvgIpc) is 3.44. The molecule has 0 N–H and O–H groups in total. The van der Waals surface area contributed by atoms with Crippen LogP contribution in [0.2, 0.25) is 0 Å². The summed E-state index contributed by atoms with van der Waals surface area (Å²) < 4.78 is 0. The van der Waals surface area contributed by atoms with Crippen LogP contribution in [0.3, 0.4) is 0 Å². The Hall–Kier alpha value is -6.05. The van der Waals surface area contributed by atoms with Gasteiger partial charge < -0.3 is 0 Å². The maximum Gasteiger partial charge on any atom is 0.0702 e. The third-order valence-corrected chi connectivity index (χ3v) is 10.9. The molecule has 1 unspecified atom stereocenters. The molecule has 51 heavy (non-hydrogen) atoms. The molecule has 0 aliphatic heterocycles. The zero-order valence-electron chi connectivity index (χ0n) is 29.1. The molecule has 1 nitrogen and oxygen atoms in total. The van der Waals surface area contributed by atoms with Gasteiger partial charge >= 0.3 is 0 Å². The van der Waals surface area contributed by atoms with Gasteiger partial charge in [0.05, 0.1) is 5.69 Å². The molecule has 2 aliphatic carbocycles. The minimum absolute atomic E-state index is 0.0289. The molecule has 0 saturated carbocycles. The Kier molecular flexibility index (Phi) is 7.70. The van der Waals surface area contributed by atoms with Crippen LogP contribution < -0.4 is 0 Å². The van der Waals surface area contributed by atoms with Gasteiger partial charge in [-0.2, -0.15) is 0 Å². The second-order valence-electron chi connectivity index (χ2n) is 14.4. The molecule has 0 fully saturated rings. The summed E-state index contributed by atoms with van der Waals surface area (Å²) in [6, 6.07) is 57.4. The van der Waals surface area contributed by atoms with Crippen LogP contribution in [0, 0.1) is 0 Å². The summed E-state index contributed by atoms with van der Waals surface area (Å²) in [7, 11) is 0. The normalized spacial score (nSPS) is 15.6. The lowest BCUT2D eigenvalue weighted by Gasteiger charge is -2.21. The van der Waals surface area contributed by atoms with Crippen molar-refractivity contribution < 1.29 is 0 Å². The summed E-state index contributed by atoms with van der Waals surface area (Å²) in [5.41, 5.74) is 18.6. The first-order valence-corrected chi connectivity index (χ1v) is 18.0. The van der Waals surface area contributed by atoms with Crippen molar-refractivity contribution in [2.45, 2.75) is 31.6 Å². The molecule has 9 rings (SSSR count). The number of nitrogens with zero attached hydrogens (tertiary/aromatic N) is 1. The number of hydrogen-bond donors (Lipinski definition) is 0. The van der Waals surface area contributed by atoms with E-state index in [9.17, 15) is 0 Å². The molecule has 0 radical (unpaired) electrons. The van der Waals surface area contributed by atoms with Crippen LogP contribution in [0.15, 0.2) is 182 Å². The van der Waals surface area contributed by atoms with E-state index >= 15 is 0 Å². The van der Waals surface area contributed by atoms with Crippen molar-refractivity contribution >= 4 is 5.57 Å². The van der Waals surface area contributed by atoms with Crippen LogP contribution in [0.25, 0.3) is 61.3 Å². The van der Waals surface area contributed by atoms with E-state index in [1.54, 1.807) is 0 Å². The zero-order chi connectivity index (χ0) is 34.4. The fourth-order valence-electron chi connectivity index (χ4n) is 8.04. The second kappa shape index (κ2) is 12.7. The van der Waals surface area contributed by atoms with E-state index in [0.717, 1.165) is 28.8 Å². The fraction of sp³-hybridized carbons (Fsp3) is 0.100. The molecule has 0 bridgehead atoms. The number of hydrogen-bond acceptors (Lipinski definition) is 1. The predicted molar refractivity (Wildman–Crippen MR) is 214 cm³/mol. The lowest BCUT2D eigenvalue weighted by molar-refractivity contribution is 0.660.